The van der Waals surface area contributed by atoms with Gasteiger partial charge in [-0.2, -0.15) is 0 Å². The summed E-state index contributed by atoms with van der Waals surface area (Å²) in [5.74, 6) is -1.31. The number of halogens is 1. The Morgan fingerprint density at radius 3 is 2.74 bits per heavy atom. The Morgan fingerprint density at radius 2 is 2.04 bits per heavy atom. The second-order valence-corrected chi connectivity index (χ2v) is 6.79. The van der Waals surface area contributed by atoms with E-state index in [1.165, 1.54) is 11.6 Å². The second kappa shape index (κ2) is 8.20. The van der Waals surface area contributed by atoms with Crippen LogP contribution in [-0.4, -0.2) is 23.5 Å². The van der Waals surface area contributed by atoms with Crippen LogP contribution in [0.2, 0.25) is 0 Å². The lowest BCUT2D eigenvalue weighted by Gasteiger charge is -2.29. The fourth-order valence-corrected chi connectivity index (χ4v) is 3.36. The van der Waals surface area contributed by atoms with Gasteiger partial charge in [0.05, 0.1) is 0 Å². The maximum atomic E-state index is 14.1. The molecule has 2 N–H and O–H groups in total. The van der Waals surface area contributed by atoms with E-state index < -0.39 is 11.8 Å². The molecule has 1 aliphatic heterocycles. The molecule has 0 aromatic heterocycles. The van der Waals surface area contributed by atoms with E-state index in [0.717, 1.165) is 30.6 Å². The van der Waals surface area contributed by atoms with Crippen molar-refractivity contribution in [3.05, 3.63) is 58.9 Å². The van der Waals surface area contributed by atoms with Crippen LogP contribution in [0.3, 0.4) is 0 Å². The number of hydrogen-bond donors (Lipinski definition) is 2. The molecular formula is C21H23FN2O3. The summed E-state index contributed by atoms with van der Waals surface area (Å²) in [4.78, 5) is 24.3. The molecule has 6 heteroatoms. The first-order valence-corrected chi connectivity index (χ1v) is 9.08. The van der Waals surface area contributed by atoms with Crippen LogP contribution in [0.15, 0.2) is 36.4 Å². The Bertz CT molecular complexity index is 867. The van der Waals surface area contributed by atoms with E-state index in [1.54, 1.807) is 24.0 Å². The Hall–Kier alpha value is -2.89. The van der Waals surface area contributed by atoms with Crippen LogP contribution in [-0.2, 0) is 29.0 Å². The lowest BCUT2D eigenvalue weighted by atomic mass is 9.99. The Kier molecular flexibility index (Phi) is 5.74. The fraction of sp³-hybridized carbons (Fsp3) is 0.333. The van der Waals surface area contributed by atoms with Gasteiger partial charge in [-0.25, -0.2) is 4.39 Å². The van der Waals surface area contributed by atoms with Crippen molar-refractivity contribution in [2.45, 2.75) is 39.2 Å². The summed E-state index contributed by atoms with van der Waals surface area (Å²) < 4.78 is 14.1. The average Bonchev–Trinajstić information content (AvgIpc) is 2.64. The van der Waals surface area contributed by atoms with Crippen molar-refractivity contribution in [1.29, 1.82) is 0 Å². The molecule has 0 aliphatic carbocycles. The van der Waals surface area contributed by atoms with Gasteiger partial charge in [0.25, 0.3) is 0 Å². The number of hydrogen-bond acceptors (Lipinski definition) is 3. The van der Waals surface area contributed by atoms with E-state index in [1.807, 2.05) is 12.1 Å². The van der Waals surface area contributed by atoms with Gasteiger partial charge >= 0.3 is 5.97 Å². The molecule has 5 nitrogen and oxygen atoms in total. The van der Waals surface area contributed by atoms with Crippen molar-refractivity contribution in [1.82, 2.24) is 0 Å². The number of aliphatic carboxylic acids is 1. The van der Waals surface area contributed by atoms with E-state index in [9.17, 15) is 14.0 Å². The summed E-state index contributed by atoms with van der Waals surface area (Å²) in [5, 5.41) is 11.9. The number of fused-ring (bicyclic) bond motifs is 1. The number of carbonyl (C=O) groups excluding carboxylic acids is 1. The van der Waals surface area contributed by atoms with Gasteiger partial charge in [-0.3, -0.25) is 9.59 Å². The Labute approximate surface area is 157 Å². The van der Waals surface area contributed by atoms with E-state index >= 15 is 0 Å². The van der Waals surface area contributed by atoms with E-state index in [0.29, 0.717) is 17.8 Å². The largest absolute Gasteiger partial charge is 0.481 e. The number of amides is 1. The first kappa shape index (κ1) is 18.9. The summed E-state index contributed by atoms with van der Waals surface area (Å²) in [6.07, 6.45) is 2.02. The summed E-state index contributed by atoms with van der Waals surface area (Å²) in [6.45, 7) is 2.82. The average molecular weight is 370 g/mol. The molecule has 1 heterocycles. The Balaban J connectivity index is 1.68. The molecule has 1 amide bonds. The van der Waals surface area contributed by atoms with E-state index in [4.69, 9.17) is 5.11 Å². The zero-order chi connectivity index (χ0) is 19.4. The van der Waals surface area contributed by atoms with Gasteiger partial charge in [0.2, 0.25) is 5.91 Å². The highest BCUT2D eigenvalue weighted by molar-refractivity contribution is 5.92. The smallest absolute Gasteiger partial charge is 0.303 e. The van der Waals surface area contributed by atoms with Crippen LogP contribution in [0.1, 0.15) is 36.5 Å². The number of benzene rings is 2. The van der Waals surface area contributed by atoms with E-state index in [-0.39, 0.29) is 18.7 Å². The molecule has 2 aromatic rings. The number of carboxylic acid groups (broad SMARTS) is 1. The Morgan fingerprint density at radius 1 is 1.22 bits per heavy atom. The van der Waals surface area contributed by atoms with Gasteiger partial charge in [-0.15, -0.1) is 0 Å². The van der Waals surface area contributed by atoms with Crippen molar-refractivity contribution in [3.63, 3.8) is 0 Å². The van der Waals surface area contributed by atoms with Crippen molar-refractivity contribution >= 4 is 23.3 Å². The number of nitrogens with one attached hydrogen (secondary N) is 1. The molecular weight excluding hydrogens is 347 g/mol. The summed E-state index contributed by atoms with van der Waals surface area (Å²) in [6, 6.07) is 10.8. The van der Waals surface area contributed by atoms with Crippen LogP contribution in [0.4, 0.5) is 15.8 Å². The molecule has 0 unspecified atom stereocenters. The van der Waals surface area contributed by atoms with Gasteiger partial charge in [0, 0.05) is 37.8 Å². The number of rotatable bonds is 6. The third-order valence-electron chi connectivity index (χ3n) is 4.81. The molecule has 0 bridgehead atoms. The zero-order valence-corrected chi connectivity index (χ0v) is 15.3. The minimum absolute atomic E-state index is 0.0417. The number of carbonyl (C=O) groups is 2. The minimum atomic E-state index is -0.941. The lowest BCUT2D eigenvalue weighted by Crippen LogP contribution is -2.33. The molecule has 0 atom stereocenters. The molecule has 27 heavy (non-hydrogen) atoms. The van der Waals surface area contributed by atoms with Crippen molar-refractivity contribution in [2.24, 2.45) is 0 Å². The standard InChI is InChI=1S/C21H23FN2O3/c1-14(25)24-10-2-3-17-5-4-15(11-20(17)24)13-23-18-8-6-16(19(22)12-18)7-9-21(26)27/h4-6,8,11-12,23H,2-3,7,9-10,13H2,1H3,(H,26,27). The topological polar surface area (TPSA) is 69.6 Å². The maximum Gasteiger partial charge on any atom is 0.303 e. The predicted octanol–water partition coefficient (Wildman–Crippen LogP) is 3.75. The zero-order valence-electron chi connectivity index (χ0n) is 15.3. The quantitative estimate of drug-likeness (QED) is 0.812. The molecule has 0 saturated heterocycles. The van der Waals surface area contributed by atoms with Gasteiger partial charge in [-0.05, 0) is 54.2 Å². The molecule has 142 valence electrons. The highest BCUT2D eigenvalue weighted by Crippen LogP contribution is 2.28. The molecule has 2 aromatic carbocycles. The summed E-state index contributed by atoms with van der Waals surface area (Å²) >= 11 is 0. The molecule has 0 fully saturated rings. The number of anilines is 2. The van der Waals surface area contributed by atoms with Gasteiger partial charge in [0.15, 0.2) is 0 Å². The van der Waals surface area contributed by atoms with Gasteiger partial charge < -0.3 is 15.3 Å². The van der Waals surface area contributed by atoms with Crippen molar-refractivity contribution in [3.8, 4) is 0 Å². The normalized spacial score (nSPS) is 13.2. The number of aryl methyl sites for hydroxylation is 2. The van der Waals surface area contributed by atoms with Crippen LogP contribution >= 0.6 is 0 Å². The number of carboxylic acids is 1. The second-order valence-electron chi connectivity index (χ2n) is 6.79. The maximum absolute atomic E-state index is 14.1. The van der Waals surface area contributed by atoms with Crippen LogP contribution in [0, 0.1) is 5.82 Å². The highest BCUT2D eigenvalue weighted by atomic mass is 19.1. The highest BCUT2D eigenvalue weighted by Gasteiger charge is 2.20. The fourth-order valence-electron chi connectivity index (χ4n) is 3.36. The van der Waals surface area contributed by atoms with Crippen LogP contribution in [0.5, 0.6) is 0 Å². The minimum Gasteiger partial charge on any atom is -0.481 e. The predicted molar refractivity (Wildman–Crippen MR) is 102 cm³/mol. The van der Waals surface area contributed by atoms with Crippen LogP contribution in [0.25, 0.3) is 0 Å². The molecule has 0 spiro atoms. The van der Waals surface area contributed by atoms with Crippen molar-refractivity contribution < 1.29 is 19.1 Å². The third-order valence-corrected chi connectivity index (χ3v) is 4.81. The molecule has 0 saturated carbocycles. The lowest BCUT2D eigenvalue weighted by molar-refractivity contribution is -0.137. The van der Waals surface area contributed by atoms with Crippen LogP contribution < -0.4 is 10.2 Å². The van der Waals surface area contributed by atoms with E-state index in [2.05, 4.69) is 11.4 Å². The van der Waals surface area contributed by atoms with Gasteiger partial charge in [0.1, 0.15) is 5.82 Å². The molecule has 0 radical (unpaired) electrons. The first-order chi connectivity index (χ1) is 12.9. The van der Waals surface area contributed by atoms with Crippen molar-refractivity contribution in [2.75, 3.05) is 16.8 Å². The number of nitrogens with zero attached hydrogens (tertiary/aromatic N) is 1. The molecule has 1 aliphatic rings. The van der Waals surface area contributed by atoms with Gasteiger partial charge in [-0.1, -0.05) is 18.2 Å². The summed E-state index contributed by atoms with van der Waals surface area (Å²) in [5.41, 5.74) is 4.18. The first-order valence-electron chi connectivity index (χ1n) is 9.08. The molecule has 3 rings (SSSR count). The monoisotopic (exact) mass is 370 g/mol. The summed E-state index contributed by atoms with van der Waals surface area (Å²) in [7, 11) is 0. The third kappa shape index (κ3) is 4.64. The SMILES string of the molecule is CC(=O)N1CCCc2ccc(CNc3ccc(CCC(=O)O)c(F)c3)cc21.